The molecular formula is C23H26N4O3. The third kappa shape index (κ3) is 5.94. The minimum atomic E-state index is -0.365. The zero-order chi connectivity index (χ0) is 21.2. The van der Waals surface area contributed by atoms with Gasteiger partial charge in [0.1, 0.15) is 17.2 Å². The van der Waals surface area contributed by atoms with Gasteiger partial charge in [-0.2, -0.15) is 10.2 Å². The maximum Gasteiger partial charge on any atom is 0.289 e. The van der Waals surface area contributed by atoms with E-state index in [1.807, 2.05) is 55.5 Å². The number of hydrogen-bond acceptors (Lipinski definition) is 5. The molecule has 3 aromatic rings. The first-order valence-electron chi connectivity index (χ1n) is 10.0. The fourth-order valence-electron chi connectivity index (χ4n) is 2.68. The molecular weight excluding hydrogens is 380 g/mol. The van der Waals surface area contributed by atoms with Gasteiger partial charge in [-0.1, -0.05) is 13.3 Å². The standard InChI is InChI=1S/C23H26N4O3/c1-3-5-14-30-20-10-6-17(7-11-20)16-24-27-23(28)22-15-21(25-26-22)18-8-12-19(13-9-18)29-4-2/h6-13,15-16H,3-5,14H2,1-2H3,(H,25,26)(H,27,28)/b24-16+. The lowest BCUT2D eigenvalue weighted by molar-refractivity contribution is 0.0950. The molecule has 0 aliphatic carbocycles. The van der Waals surface area contributed by atoms with Crippen LogP contribution < -0.4 is 14.9 Å². The Morgan fingerprint density at radius 3 is 2.47 bits per heavy atom. The monoisotopic (exact) mass is 406 g/mol. The molecule has 0 atom stereocenters. The van der Waals surface area contributed by atoms with Gasteiger partial charge in [0.05, 0.1) is 25.1 Å². The molecule has 1 heterocycles. The molecule has 0 aliphatic rings. The van der Waals surface area contributed by atoms with Crippen LogP contribution in [0.5, 0.6) is 11.5 Å². The van der Waals surface area contributed by atoms with Gasteiger partial charge in [0.15, 0.2) is 0 Å². The van der Waals surface area contributed by atoms with Crippen molar-refractivity contribution in [2.75, 3.05) is 13.2 Å². The number of carbonyl (C=O) groups excluding carboxylic acids is 1. The van der Waals surface area contributed by atoms with E-state index in [2.05, 4.69) is 27.6 Å². The summed E-state index contributed by atoms with van der Waals surface area (Å²) >= 11 is 0. The van der Waals surface area contributed by atoms with E-state index in [1.165, 1.54) is 0 Å². The van der Waals surface area contributed by atoms with Crippen molar-refractivity contribution in [1.29, 1.82) is 0 Å². The van der Waals surface area contributed by atoms with Gasteiger partial charge in [0.25, 0.3) is 5.91 Å². The molecule has 2 aromatic carbocycles. The highest BCUT2D eigenvalue weighted by Gasteiger charge is 2.10. The zero-order valence-electron chi connectivity index (χ0n) is 17.2. The molecule has 0 saturated carbocycles. The van der Waals surface area contributed by atoms with Gasteiger partial charge < -0.3 is 9.47 Å². The molecule has 0 saturated heterocycles. The predicted octanol–water partition coefficient (Wildman–Crippen LogP) is 4.42. The molecule has 7 heteroatoms. The first kappa shape index (κ1) is 21.1. The van der Waals surface area contributed by atoms with Crippen LogP contribution >= 0.6 is 0 Å². The lowest BCUT2D eigenvalue weighted by Crippen LogP contribution is -2.17. The Bertz CT molecular complexity index is 963. The Labute approximate surface area is 176 Å². The Morgan fingerprint density at radius 2 is 1.77 bits per heavy atom. The SMILES string of the molecule is CCCCOc1ccc(/C=N/NC(=O)c2cc(-c3ccc(OCC)cc3)n[nH]2)cc1. The Morgan fingerprint density at radius 1 is 1.07 bits per heavy atom. The Balaban J connectivity index is 1.53. The molecule has 0 aliphatic heterocycles. The number of nitrogens with one attached hydrogen (secondary N) is 2. The number of hydrazone groups is 1. The first-order valence-corrected chi connectivity index (χ1v) is 10.0. The summed E-state index contributed by atoms with van der Waals surface area (Å²) < 4.78 is 11.1. The number of hydrogen-bond donors (Lipinski definition) is 2. The molecule has 0 spiro atoms. The average Bonchev–Trinajstić information content (AvgIpc) is 3.26. The number of rotatable bonds is 10. The Kier molecular flexibility index (Phi) is 7.60. The summed E-state index contributed by atoms with van der Waals surface area (Å²) in [6.45, 7) is 5.39. The molecule has 1 amide bonds. The highest BCUT2D eigenvalue weighted by Crippen LogP contribution is 2.21. The van der Waals surface area contributed by atoms with Crippen molar-refractivity contribution in [3.05, 3.63) is 65.9 Å². The highest BCUT2D eigenvalue weighted by molar-refractivity contribution is 5.94. The molecule has 7 nitrogen and oxygen atoms in total. The van der Waals surface area contributed by atoms with E-state index in [9.17, 15) is 4.79 Å². The fraction of sp³-hybridized carbons (Fsp3) is 0.261. The average molecular weight is 406 g/mol. The van der Waals surface area contributed by atoms with Crippen molar-refractivity contribution in [2.45, 2.75) is 26.7 Å². The summed E-state index contributed by atoms with van der Waals surface area (Å²) in [4.78, 5) is 12.3. The van der Waals surface area contributed by atoms with Crippen molar-refractivity contribution in [2.24, 2.45) is 5.10 Å². The van der Waals surface area contributed by atoms with E-state index >= 15 is 0 Å². The molecule has 30 heavy (non-hydrogen) atoms. The third-order valence-electron chi connectivity index (χ3n) is 4.31. The fourth-order valence-corrected chi connectivity index (χ4v) is 2.68. The van der Waals surface area contributed by atoms with Gasteiger partial charge in [-0.25, -0.2) is 5.43 Å². The van der Waals surface area contributed by atoms with Gasteiger partial charge in [-0.3, -0.25) is 9.89 Å². The number of benzene rings is 2. The van der Waals surface area contributed by atoms with Gasteiger partial charge in [0, 0.05) is 5.56 Å². The maximum absolute atomic E-state index is 12.3. The minimum Gasteiger partial charge on any atom is -0.494 e. The lowest BCUT2D eigenvalue weighted by atomic mass is 10.1. The van der Waals surface area contributed by atoms with Crippen LogP contribution in [0, 0.1) is 0 Å². The van der Waals surface area contributed by atoms with Crippen molar-refractivity contribution in [3.8, 4) is 22.8 Å². The molecule has 3 rings (SSSR count). The largest absolute Gasteiger partial charge is 0.494 e. The van der Waals surface area contributed by atoms with Crippen molar-refractivity contribution < 1.29 is 14.3 Å². The molecule has 1 aromatic heterocycles. The summed E-state index contributed by atoms with van der Waals surface area (Å²) in [6, 6.07) is 16.8. The smallest absolute Gasteiger partial charge is 0.289 e. The Hall–Kier alpha value is -3.61. The number of H-pyrrole nitrogens is 1. The van der Waals surface area contributed by atoms with Crippen molar-refractivity contribution in [3.63, 3.8) is 0 Å². The summed E-state index contributed by atoms with van der Waals surface area (Å²) in [5.41, 5.74) is 5.25. The highest BCUT2D eigenvalue weighted by atomic mass is 16.5. The minimum absolute atomic E-state index is 0.329. The number of ether oxygens (including phenoxy) is 2. The van der Waals surface area contributed by atoms with Crippen molar-refractivity contribution >= 4 is 12.1 Å². The first-order chi connectivity index (χ1) is 14.7. The van der Waals surface area contributed by atoms with Crippen LogP contribution in [0.3, 0.4) is 0 Å². The van der Waals surface area contributed by atoms with E-state index in [4.69, 9.17) is 9.47 Å². The number of aromatic amines is 1. The number of amides is 1. The topological polar surface area (TPSA) is 88.6 Å². The van der Waals surface area contributed by atoms with Crippen LogP contribution in [0.4, 0.5) is 0 Å². The second-order valence-corrected chi connectivity index (χ2v) is 6.59. The number of aromatic nitrogens is 2. The van der Waals surface area contributed by atoms with E-state index in [0.717, 1.165) is 35.5 Å². The zero-order valence-corrected chi connectivity index (χ0v) is 17.2. The van der Waals surface area contributed by atoms with E-state index in [1.54, 1.807) is 12.3 Å². The molecule has 0 fully saturated rings. The van der Waals surface area contributed by atoms with Crippen LogP contribution in [-0.4, -0.2) is 35.5 Å². The van der Waals surface area contributed by atoms with E-state index in [-0.39, 0.29) is 5.91 Å². The summed E-state index contributed by atoms with van der Waals surface area (Å²) in [5.74, 6) is 1.25. The van der Waals surface area contributed by atoms with Gasteiger partial charge in [-0.15, -0.1) is 0 Å². The second kappa shape index (κ2) is 10.8. The van der Waals surface area contributed by atoms with Crippen LogP contribution in [0.1, 0.15) is 42.7 Å². The predicted molar refractivity (Wildman–Crippen MR) is 117 cm³/mol. The summed E-state index contributed by atoms with van der Waals surface area (Å²) in [5, 5.41) is 10.9. The molecule has 0 bridgehead atoms. The van der Waals surface area contributed by atoms with E-state index < -0.39 is 0 Å². The second-order valence-electron chi connectivity index (χ2n) is 6.59. The molecule has 2 N–H and O–H groups in total. The number of nitrogens with zero attached hydrogens (tertiary/aromatic N) is 2. The maximum atomic E-state index is 12.3. The molecule has 0 radical (unpaired) electrons. The summed E-state index contributed by atoms with van der Waals surface area (Å²) in [7, 11) is 0. The van der Waals surface area contributed by atoms with Gasteiger partial charge in [0.2, 0.25) is 0 Å². The van der Waals surface area contributed by atoms with Gasteiger partial charge >= 0.3 is 0 Å². The molecule has 0 unspecified atom stereocenters. The summed E-state index contributed by atoms with van der Waals surface area (Å²) in [6.07, 6.45) is 3.71. The number of carbonyl (C=O) groups is 1. The van der Waals surface area contributed by atoms with Crippen LogP contribution in [-0.2, 0) is 0 Å². The van der Waals surface area contributed by atoms with Crippen molar-refractivity contribution in [1.82, 2.24) is 15.6 Å². The quantitative estimate of drug-likeness (QED) is 0.296. The van der Waals surface area contributed by atoms with Crippen LogP contribution in [0.25, 0.3) is 11.3 Å². The molecule has 156 valence electrons. The number of unbranched alkanes of at least 4 members (excludes halogenated alkanes) is 1. The lowest BCUT2D eigenvalue weighted by Gasteiger charge is -2.04. The van der Waals surface area contributed by atoms with Gasteiger partial charge in [-0.05, 0) is 73.5 Å². The normalized spacial score (nSPS) is 10.9. The third-order valence-corrected chi connectivity index (χ3v) is 4.31. The van der Waals surface area contributed by atoms with E-state index in [0.29, 0.717) is 24.6 Å². The van der Waals surface area contributed by atoms with Crippen LogP contribution in [0.2, 0.25) is 0 Å². The van der Waals surface area contributed by atoms with Crippen LogP contribution in [0.15, 0.2) is 59.7 Å².